The topological polar surface area (TPSA) is 129 Å². The third kappa shape index (κ3) is 4.07. The number of carbonyl (C=O) groups excluding carboxylic acids is 2. The number of pyridine rings is 1. The molecule has 0 unspecified atom stereocenters. The number of hydrogen-bond acceptors (Lipinski definition) is 6. The lowest BCUT2D eigenvalue weighted by atomic mass is 10.2. The first kappa shape index (κ1) is 19.4. The summed E-state index contributed by atoms with van der Waals surface area (Å²) in [7, 11) is 0. The van der Waals surface area contributed by atoms with Gasteiger partial charge in [0.15, 0.2) is 0 Å². The molecule has 1 aromatic carbocycles. The van der Waals surface area contributed by atoms with Gasteiger partial charge in [0.25, 0.3) is 5.56 Å². The number of fused-ring (bicyclic) bond motifs is 1. The Bertz CT molecular complexity index is 1210. The van der Waals surface area contributed by atoms with Gasteiger partial charge in [-0.1, -0.05) is 12.1 Å². The van der Waals surface area contributed by atoms with Crippen molar-refractivity contribution in [3.8, 4) is 0 Å². The van der Waals surface area contributed by atoms with Gasteiger partial charge in [-0.15, -0.1) is 0 Å². The molecule has 2 amide bonds. The quantitative estimate of drug-likeness (QED) is 0.547. The zero-order valence-corrected chi connectivity index (χ0v) is 16.1. The predicted molar refractivity (Wildman–Crippen MR) is 112 cm³/mol. The smallest absolute Gasteiger partial charge is 0.328 e. The zero-order chi connectivity index (χ0) is 21.1. The average molecular weight is 408 g/mol. The van der Waals surface area contributed by atoms with Crippen LogP contribution in [0, 0.1) is 0 Å². The molecule has 10 heteroatoms. The number of aromatic amines is 1. The van der Waals surface area contributed by atoms with Crippen molar-refractivity contribution in [2.45, 2.75) is 13.0 Å². The summed E-state index contributed by atoms with van der Waals surface area (Å²) in [4.78, 5) is 56.4. The molecule has 3 heterocycles. The minimum atomic E-state index is -0.553. The fraction of sp³-hybridized carbons (Fsp3) is 0.250. The van der Waals surface area contributed by atoms with Gasteiger partial charge in [0.05, 0.1) is 29.3 Å². The maximum absolute atomic E-state index is 12.3. The molecule has 1 aliphatic heterocycles. The number of hydrogen-bond donors (Lipinski definition) is 3. The van der Waals surface area contributed by atoms with Gasteiger partial charge in [0, 0.05) is 26.1 Å². The first-order valence-corrected chi connectivity index (χ1v) is 9.51. The van der Waals surface area contributed by atoms with Gasteiger partial charge in [-0.25, -0.2) is 9.78 Å². The molecule has 0 saturated carbocycles. The number of piperazine rings is 1. The number of rotatable bonds is 5. The molecule has 3 aromatic rings. The molecule has 0 bridgehead atoms. The van der Waals surface area contributed by atoms with E-state index in [0.717, 1.165) is 0 Å². The molecular weight excluding hydrogens is 388 g/mol. The van der Waals surface area contributed by atoms with E-state index in [-0.39, 0.29) is 31.3 Å². The number of aryl methyl sites for hydroxylation is 1. The summed E-state index contributed by atoms with van der Waals surface area (Å²) in [6.07, 6.45) is 1.57. The van der Waals surface area contributed by atoms with E-state index in [1.54, 1.807) is 36.4 Å². The lowest BCUT2D eigenvalue weighted by Crippen LogP contribution is -2.48. The van der Waals surface area contributed by atoms with Gasteiger partial charge in [0.2, 0.25) is 11.8 Å². The molecule has 0 radical (unpaired) electrons. The molecule has 0 atom stereocenters. The van der Waals surface area contributed by atoms with Gasteiger partial charge in [0.1, 0.15) is 5.82 Å². The second-order valence-corrected chi connectivity index (χ2v) is 6.90. The summed E-state index contributed by atoms with van der Waals surface area (Å²) in [6.45, 7) is 1.61. The van der Waals surface area contributed by atoms with Crippen LogP contribution in [0.4, 0.5) is 11.5 Å². The van der Waals surface area contributed by atoms with Crippen LogP contribution in [-0.4, -0.2) is 46.0 Å². The number of aromatic nitrogens is 3. The number of para-hydroxylation sites is 1. The largest absolute Gasteiger partial charge is 0.353 e. The highest BCUT2D eigenvalue weighted by Crippen LogP contribution is 2.15. The standard InChI is InChI=1S/C20H20N6O4/c27-17(7-9-26-15-4-2-1-3-14(15)19(29)24-20(26)30)23-13-5-6-16(22-11-13)25-10-8-21-18(28)12-25/h1-6,11H,7-10,12H2,(H,21,28)(H,23,27)(H,24,29,30). The van der Waals surface area contributed by atoms with Gasteiger partial charge < -0.3 is 15.5 Å². The van der Waals surface area contributed by atoms with Crippen LogP contribution < -0.4 is 26.8 Å². The molecule has 2 aromatic heterocycles. The minimum absolute atomic E-state index is 0.0456. The van der Waals surface area contributed by atoms with Gasteiger partial charge in [-0.3, -0.25) is 23.9 Å². The summed E-state index contributed by atoms with van der Waals surface area (Å²) >= 11 is 0. The first-order valence-electron chi connectivity index (χ1n) is 9.51. The Kier molecular flexibility index (Phi) is 5.29. The third-order valence-corrected chi connectivity index (χ3v) is 4.86. The normalized spacial score (nSPS) is 13.9. The van der Waals surface area contributed by atoms with E-state index < -0.39 is 11.2 Å². The van der Waals surface area contributed by atoms with Crippen LogP contribution in [-0.2, 0) is 16.1 Å². The van der Waals surface area contributed by atoms with Crippen molar-refractivity contribution in [1.29, 1.82) is 0 Å². The van der Waals surface area contributed by atoms with Crippen molar-refractivity contribution in [3.63, 3.8) is 0 Å². The number of carbonyl (C=O) groups is 2. The van der Waals surface area contributed by atoms with Crippen LogP contribution in [0.2, 0.25) is 0 Å². The summed E-state index contributed by atoms with van der Waals surface area (Å²) in [5.41, 5.74) is -0.00346. The summed E-state index contributed by atoms with van der Waals surface area (Å²) in [5, 5.41) is 5.89. The van der Waals surface area contributed by atoms with E-state index in [1.165, 1.54) is 10.8 Å². The number of amides is 2. The highest BCUT2D eigenvalue weighted by Gasteiger charge is 2.17. The Morgan fingerprint density at radius 3 is 2.73 bits per heavy atom. The Hall–Kier alpha value is -3.95. The van der Waals surface area contributed by atoms with E-state index in [4.69, 9.17) is 0 Å². The van der Waals surface area contributed by atoms with Crippen molar-refractivity contribution < 1.29 is 9.59 Å². The van der Waals surface area contributed by atoms with E-state index in [9.17, 15) is 19.2 Å². The van der Waals surface area contributed by atoms with Gasteiger partial charge >= 0.3 is 5.69 Å². The van der Waals surface area contributed by atoms with Crippen LogP contribution in [0.3, 0.4) is 0 Å². The van der Waals surface area contributed by atoms with Crippen LogP contribution in [0.15, 0.2) is 52.2 Å². The second-order valence-electron chi connectivity index (χ2n) is 6.90. The SMILES string of the molecule is O=C1CN(c2ccc(NC(=O)CCn3c(=O)[nH]c(=O)c4ccccc43)cn2)CCN1. The van der Waals surface area contributed by atoms with E-state index in [0.29, 0.717) is 35.5 Å². The number of H-pyrrole nitrogens is 1. The Labute approximate surface area is 170 Å². The molecule has 1 aliphatic rings. The summed E-state index contributed by atoms with van der Waals surface area (Å²) in [6, 6.07) is 10.2. The average Bonchev–Trinajstić information content (AvgIpc) is 2.74. The fourth-order valence-electron chi connectivity index (χ4n) is 3.38. The van der Waals surface area contributed by atoms with E-state index in [2.05, 4.69) is 20.6 Å². The van der Waals surface area contributed by atoms with Crippen LogP contribution >= 0.6 is 0 Å². The number of benzene rings is 1. The monoisotopic (exact) mass is 408 g/mol. The number of anilines is 2. The molecule has 10 nitrogen and oxygen atoms in total. The molecule has 0 spiro atoms. The molecule has 1 saturated heterocycles. The molecule has 0 aliphatic carbocycles. The lowest BCUT2D eigenvalue weighted by Gasteiger charge is -2.27. The van der Waals surface area contributed by atoms with E-state index in [1.807, 2.05) is 4.90 Å². The Balaban J connectivity index is 1.41. The predicted octanol–water partition coefficient (Wildman–Crippen LogP) is 0.0498. The fourth-order valence-corrected chi connectivity index (χ4v) is 3.38. The summed E-state index contributed by atoms with van der Waals surface area (Å²) in [5.74, 6) is 0.323. The zero-order valence-electron chi connectivity index (χ0n) is 16.1. The molecule has 3 N–H and O–H groups in total. The first-order chi connectivity index (χ1) is 14.5. The van der Waals surface area contributed by atoms with Crippen molar-refractivity contribution >= 4 is 34.2 Å². The van der Waals surface area contributed by atoms with Crippen LogP contribution in [0.25, 0.3) is 10.9 Å². The molecular formula is C20H20N6O4. The van der Waals surface area contributed by atoms with Crippen molar-refractivity contribution in [2.24, 2.45) is 0 Å². The number of nitrogens with one attached hydrogen (secondary N) is 3. The molecule has 1 fully saturated rings. The molecule has 154 valence electrons. The number of nitrogens with zero attached hydrogens (tertiary/aromatic N) is 3. The van der Waals surface area contributed by atoms with Gasteiger partial charge in [-0.05, 0) is 24.3 Å². The minimum Gasteiger partial charge on any atom is -0.353 e. The summed E-state index contributed by atoms with van der Waals surface area (Å²) < 4.78 is 1.37. The van der Waals surface area contributed by atoms with Crippen molar-refractivity contribution in [3.05, 3.63) is 63.4 Å². The van der Waals surface area contributed by atoms with Crippen LogP contribution in [0.1, 0.15) is 6.42 Å². The van der Waals surface area contributed by atoms with E-state index >= 15 is 0 Å². The molecule has 30 heavy (non-hydrogen) atoms. The highest BCUT2D eigenvalue weighted by molar-refractivity contribution is 5.90. The van der Waals surface area contributed by atoms with Gasteiger partial charge in [-0.2, -0.15) is 0 Å². The maximum atomic E-state index is 12.3. The van der Waals surface area contributed by atoms with Crippen molar-refractivity contribution in [2.75, 3.05) is 29.9 Å². The van der Waals surface area contributed by atoms with Crippen molar-refractivity contribution in [1.82, 2.24) is 19.9 Å². The Morgan fingerprint density at radius 2 is 1.97 bits per heavy atom. The lowest BCUT2D eigenvalue weighted by molar-refractivity contribution is -0.120. The third-order valence-electron chi connectivity index (χ3n) is 4.86. The maximum Gasteiger partial charge on any atom is 0.328 e. The Morgan fingerprint density at radius 1 is 1.13 bits per heavy atom. The van der Waals surface area contributed by atoms with Crippen LogP contribution in [0.5, 0.6) is 0 Å². The molecule has 4 rings (SSSR count). The second kappa shape index (κ2) is 8.19. The highest BCUT2D eigenvalue weighted by atomic mass is 16.2.